The third-order valence-corrected chi connectivity index (χ3v) is 1.17. The van der Waals surface area contributed by atoms with Crippen LogP contribution in [0.3, 0.4) is 0 Å². The molecule has 1 nitrogen and oxygen atoms in total. The van der Waals surface area contributed by atoms with Gasteiger partial charge in [-0.15, -0.1) is 0 Å². The van der Waals surface area contributed by atoms with Crippen LogP contribution in [0, 0.1) is 6.42 Å². The molecule has 0 radical (unpaired) electrons. The Morgan fingerprint density at radius 3 is 2.36 bits per heavy atom. The SMILES string of the molecule is [N-]=C1C=C(C(F)(F)F)C=C[CH+]1. The first kappa shape index (κ1) is 7.91. The number of hydrogen-bond acceptors (Lipinski definition) is 0. The standard InChI is InChI=1S/C7H4F3N/c8-7(9,10)5-2-1-3-6(11)4-5/h1-4H. The minimum absolute atomic E-state index is 0.375. The third-order valence-electron chi connectivity index (χ3n) is 1.17. The Labute approximate surface area is 61.7 Å². The second kappa shape index (κ2) is 2.45. The summed E-state index contributed by atoms with van der Waals surface area (Å²) in [7, 11) is 0. The van der Waals surface area contributed by atoms with E-state index in [2.05, 4.69) is 0 Å². The molecule has 0 bridgehead atoms. The molecule has 0 spiro atoms. The topological polar surface area (TPSA) is 22.3 Å². The van der Waals surface area contributed by atoms with Gasteiger partial charge in [-0.25, -0.2) is 0 Å². The summed E-state index contributed by atoms with van der Waals surface area (Å²) in [6.07, 6.45) is -0.453. The zero-order chi connectivity index (χ0) is 8.48. The Morgan fingerprint density at radius 1 is 1.36 bits per heavy atom. The van der Waals surface area contributed by atoms with Gasteiger partial charge in [0.15, 0.2) is 5.57 Å². The van der Waals surface area contributed by atoms with Crippen molar-refractivity contribution in [2.24, 2.45) is 0 Å². The van der Waals surface area contributed by atoms with Crippen LogP contribution in [-0.4, -0.2) is 11.9 Å². The molecule has 0 heterocycles. The van der Waals surface area contributed by atoms with E-state index in [4.69, 9.17) is 5.41 Å². The highest BCUT2D eigenvalue weighted by Crippen LogP contribution is 2.28. The lowest BCUT2D eigenvalue weighted by atomic mass is 10.1. The molecule has 58 valence electrons. The molecule has 0 aromatic heterocycles. The quantitative estimate of drug-likeness (QED) is 0.484. The van der Waals surface area contributed by atoms with Crippen molar-refractivity contribution in [3.63, 3.8) is 0 Å². The first-order chi connectivity index (χ1) is 5.00. The fraction of sp³-hybridized carbons (Fsp3) is 0.143. The van der Waals surface area contributed by atoms with Gasteiger partial charge >= 0.3 is 6.18 Å². The summed E-state index contributed by atoms with van der Waals surface area (Å²) in [6, 6.07) is 0. The van der Waals surface area contributed by atoms with Crippen LogP contribution in [0.1, 0.15) is 0 Å². The van der Waals surface area contributed by atoms with E-state index in [-0.39, 0.29) is 5.71 Å². The lowest BCUT2D eigenvalue weighted by Crippen LogP contribution is -2.13. The molecule has 0 fully saturated rings. The minimum Gasteiger partial charge on any atom is -0.779 e. The van der Waals surface area contributed by atoms with E-state index in [0.29, 0.717) is 6.08 Å². The van der Waals surface area contributed by atoms with Crippen LogP contribution in [0.5, 0.6) is 0 Å². The summed E-state index contributed by atoms with van der Waals surface area (Å²) in [4.78, 5) is 0. The number of halogens is 3. The van der Waals surface area contributed by atoms with Crippen LogP contribution in [0.2, 0.25) is 0 Å². The van der Waals surface area contributed by atoms with E-state index in [1.807, 2.05) is 0 Å². The summed E-state index contributed by atoms with van der Waals surface area (Å²) in [5.41, 5.74) is -1.21. The van der Waals surface area contributed by atoms with Crippen molar-refractivity contribution in [3.8, 4) is 0 Å². The number of alkyl halides is 3. The minimum atomic E-state index is -4.38. The van der Waals surface area contributed by atoms with Gasteiger partial charge < -0.3 is 5.41 Å². The third kappa shape index (κ3) is 1.86. The molecule has 0 aromatic carbocycles. The predicted molar refractivity (Wildman–Crippen MR) is 35.9 cm³/mol. The van der Waals surface area contributed by atoms with Gasteiger partial charge in [0, 0.05) is 18.6 Å². The molecule has 0 saturated heterocycles. The molecule has 11 heavy (non-hydrogen) atoms. The molecule has 1 aliphatic carbocycles. The molecule has 0 aromatic rings. The summed E-state index contributed by atoms with van der Waals surface area (Å²) >= 11 is 0. The maximum atomic E-state index is 11.9. The number of allylic oxidation sites excluding steroid dienone is 4. The summed E-state index contributed by atoms with van der Waals surface area (Å²) in [5, 5.41) is 8.68. The van der Waals surface area contributed by atoms with E-state index < -0.39 is 11.7 Å². The smallest absolute Gasteiger partial charge is 0.441 e. The van der Waals surface area contributed by atoms with Gasteiger partial charge in [-0.3, -0.25) is 0 Å². The van der Waals surface area contributed by atoms with E-state index in [9.17, 15) is 13.2 Å². The van der Waals surface area contributed by atoms with Crippen molar-refractivity contribution < 1.29 is 13.2 Å². The van der Waals surface area contributed by atoms with Crippen molar-refractivity contribution in [3.05, 3.63) is 35.6 Å². The Kier molecular flexibility index (Phi) is 1.76. The molecular weight excluding hydrogens is 155 g/mol. The van der Waals surface area contributed by atoms with Crippen molar-refractivity contribution in [1.82, 2.24) is 0 Å². The van der Waals surface area contributed by atoms with Gasteiger partial charge in [0.25, 0.3) is 0 Å². The van der Waals surface area contributed by atoms with Crippen LogP contribution < -0.4 is 0 Å². The molecule has 0 amide bonds. The molecule has 0 unspecified atom stereocenters. The van der Waals surface area contributed by atoms with Crippen LogP contribution in [0.15, 0.2) is 23.8 Å². The van der Waals surface area contributed by atoms with Crippen molar-refractivity contribution in [2.75, 3.05) is 0 Å². The van der Waals surface area contributed by atoms with E-state index >= 15 is 0 Å². The first-order valence-corrected chi connectivity index (χ1v) is 2.86. The van der Waals surface area contributed by atoms with Gasteiger partial charge in [-0.1, -0.05) is 0 Å². The molecule has 0 atom stereocenters. The van der Waals surface area contributed by atoms with Crippen molar-refractivity contribution >= 4 is 5.71 Å². The first-order valence-electron chi connectivity index (χ1n) is 2.86. The molecule has 0 aliphatic heterocycles. The highest BCUT2D eigenvalue weighted by Gasteiger charge is 2.36. The van der Waals surface area contributed by atoms with Gasteiger partial charge in [-0.2, -0.15) is 13.2 Å². The molecule has 4 heteroatoms. The molecule has 1 aliphatic rings. The summed E-state index contributed by atoms with van der Waals surface area (Å²) < 4.78 is 35.6. The number of rotatable bonds is 0. The number of hydrogen-bond donors (Lipinski definition) is 0. The van der Waals surface area contributed by atoms with Crippen molar-refractivity contribution in [2.45, 2.75) is 6.18 Å². The lowest BCUT2D eigenvalue weighted by molar-refractivity contribution is -0.0881. The van der Waals surface area contributed by atoms with Gasteiger partial charge in [-0.05, 0) is 5.71 Å². The fourth-order valence-corrected chi connectivity index (χ4v) is 0.682. The lowest BCUT2D eigenvalue weighted by Gasteiger charge is -2.07. The Hall–Kier alpha value is -1.19. The zero-order valence-electron chi connectivity index (χ0n) is 5.39. The maximum Gasteiger partial charge on any atom is 0.441 e. The molecule has 0 saturated carbocycles. The maximum absolute atomic E-state index is 11.9. The highest BCUT2D eigenvalue weighted by atomic mass is 19.4. The Morgan fingerprint density at radius 2 is 2.00 bits per heavy atom. The molecule has 0 N–H and O–H groups in total. The van der Waals surface area contributed by atoms with Crippen LogP contribution in [0.25, 0.3) is 5.41 Å². The summed E-state index contributed by atoms with van der Waals surface area (Å²) in [5.74, 6) is 0. The Balaban J connectivity index is 2.88. The van der Waals surface area contributed by atoms with Crippen LogP contribution >= 0.6 is 0 Å². The second-order valence-corrected chi connectivity index (χ2v) is 2.05. The van der Waals surface area contributed by atoms with Gasteiger partial charge in [0.1, 0.15) is 0 Å². The van der Waals surface area contributed by atoms with Crippen LogP contribution in [0.4, 0.5) is 13.2 Å². The van der Waals surface area contributed by atoms with Gasteiger partial charge in [0.05, 0.1) is 6.08 Å². The highest BCUT2D eigenvalue weighted by molar-refractivity contribution is 6.07. The van der Waals surface area contributed by atoms with E-state index in [1.165, 1.54) is 6.42 Å². The predicted octanol–water partition coefficient (Wildman–Crippen LogP) is 2.26. The largest absolute Gasteiger partial charge is 0.779 e. The molecule has 1 rings (SSSR count). The number of nitrogens with zero attached hydrogens (tertiary/aromatic N) is 1. The monoisotopic (exact) mass is 159 g/mol. The Bertz CT molecular complexity index is 235. The second-order valence-electron chi connectivity index (χ2n) is 2.05. The average molecular weight is 159 g/mol. The van der Waals surface area contributed by atoms with E-state index in [1.54, 1.807) is 0 Å². The van der Waals surface area contributed by atoms with Crippen LogP contribution in [-0.2, 0) is 0 Å². The molecular formula is C7H4F3N. The fourth-order valence-electron chi connectivity index (χ4n) is 0.682. The normalized spacial score (nSPS) is 17.7. The summed E-state index contributed by atoms with van der Waals surface area (Å²) in [6.45, 7) is 0. The van der Waals surface area contributed by atoms with E-state index in [0.717, 1.165) is 12.2 Å². The van der Waals surface area contributed by atoms with Crippen molar-refractivity contribution in [1.29, 1.82) is 0 Å². The average Bonchev–Trinajstić information content (AvgIpc) is 1.86. The zero-order valence-corrected chi connectivity index (χ0v) is 5.39. The van der Waals surface area contributed by atoms with Gasteiger partial charge in [0.2, 0.25) is 0 Å².